The maximum atomic E-state index is 5.74. The lowest BCUT2D eigenvalue weighted by atomic mass is 10.2. The molecule has 0 atom stereocenters. The van der Waals surface area contributed by atoms with E-state index in [2.05, 4.69) is 22.1 Å². The second kappa shape index (κ2) is 5.98. The van der Waals surface area contributed by atoms with Gasteiger partial charge in [0.15, 0.2) is 5.16 Å². The van der Waals surface area contributed by atoms with Crippen LogP contribution in [-0.2, 0) is 11.3 Å². The van der Waals surface area contributed by atoms with Crippen molar-refractivity contribution in [2.45, 2.75) is 11.8 Å². The molecule has 102 valence electrons. The van der Waals surface area contributed by atoms with Crippen LogP contribution in [0.3, 0.4) is 0 Å². The first-order valence-corrected chi connectivity index (χ1v) is 7.29. The summed E-state index contributed by atoms with van der Waals surface area (Å²) < 4.78 is 5.62. The second-order valence-electron chi connectivity index (χ2n) is 4.41. The Labute approximate surface area is 121 Å². The normalized spacial score (nSPS) is 11.0. The minimum Gasteiger partial charge on any atom is -0.399 e. The molecule has 0 aliphatic carbocycles. The molecule has 0 fully saturated rings. The molecule has 0 saturated carbocycles. The number of benzene rings is 2. The zero-order valence-corrected chi connectivity index (χ0v) is 11.7. The van der Waals surface area contributed by atoms with Gasteiger partial charge in [0.2, 0.25) is 0 Å². The number of nitrogens with zero attached hydrogens (tertiary/aromatic N) is 1. The minimum absolute atomic E-state index is 0.560. The Balaban J connectivity index is 1.55. The number of imidazole rings is 1. The van der Waals surface area contributed by atoms with Crippen LogP contribution in [0.15, 0.2) is 53.7 Å². The van der Waals surface area contributed by atoms with Gasteiger partial charge in [-0.25, -0.2) is 4.98 Å². The Morgan fingerprint density at radius 2 is 2.00 bits per heavy atom. The third-order valence-electron chi connectivity index (χ3n) is 2.87. The van der Waals surface area contributed by atoms with Crippen LogP contribution >= 0.6 is 11.8 Å². The average molecular weight is 285 g/mol. The van der Waals surface area contributed by atoms with Gasteiger partial charge in [-0.15, -0.1) is 0 Å². The predicted octanol–water partition coefficient (Wildman–Crippen LogP) is 3.41. The zero-order valence-electron chi connectivity index (χ0n) is 10.9. The largest absolute Gasteiger partial charge is 0.399 e. The highest BCUT2D eigenvalue weighted by Gasteiger charge is 2.03. The van der Waals surface area contributed by atoms with Crippen molar-refractivity contribution in [3.8, 4) is 0 Å². The van der Waals surface area contributed by atoms with Crippen molar-refractivity contribution in [2.24, 2.45) is 0 Å². The molecule has 0 aliphatic rings. The number of fused-ring (bicyclic) bond motifs is 1. The topological polar surface area (TPSA) is 63.9 Å². The molecule has 4 nitrogen and oxygen atoms in total. The van der Waals surface area contributed by atoms with Crippen LogP contribution in [-0.4, -0.2) is 15.9 Å². The molecule has 3 aromatic rings. The molecule has 2 aromatic carbocycles. The molecule has 0 spiro atoms. The Bertz CT molecular complexity index is 697. The molecule has 0 saturated heterocycles. The first kappa shape index (κ1) is 13.0. The minimum atomic E-state index is 0.560. The van der Waals surface area contributed by atoms with Crippen molar-refractivity contribution in [3.63, 3.8) is 0 Å². The monoisotopic (exact) mass is 285 g/mol. The SMILES string of the molecule is Nc1ccc2nc(SCOCc3ccccc3)[nH]c2c1. The lowest BCUT2D eigenvalue weighted by molar-refractivity contribution is 0.169. The van der Waals surface area contributed by atoms with Crippen molar-refractivity contribution in [1.82, 2.24) is 9.97 Å². The van der Waals surface area contributed by atoms with Gasteiger partial charge in [0.25, 0.3) is 0 Å². The van der Waals surface area contributed by atoms with Crippen molar-refractivity contribution in [2.75, 3.05) is 11.7 Å². The van der Waals surface area contributed by atoms with E-state index < -0.39 is 0 Å². The Morgan fingerprint density at radius 1 is 1.15 bits per heavy atom. The van der Waals surface area contributed by atoms with E-state index >= 15 is 0 Å². The highest BCUT2D eigenvalue weighted by atomic mass is 32.2. The number of aromatic amines is 1. The van der Waals surface area contributed by atoms with E-state index in [0.29, 0.717) is 12.5 Å². The molecule has 0 amide bonds. The molecule has 5 heteroatoms. The molecule has 0 aliphatic heterocycles. The number of ether oxygens (including phenoxy) is 1. The summed E-state index contributed by atoms with van der Waals surface area (Å²) in [7, 11) is 0. The number of nitrogens with one attached hydrogen (secondary N) is 1. The number of anilines is 1. The Morgan fingerprint density at radius 3 is 2.85 bits per heavy atom. The molecule has 1 heterocycles. The average Bonchev–Trinajstić information content (AvgIpc) is 2.86. The maximum absolute atomic E-state index is 5.74. The van der Waals surface area contributed by atoms with Gasteiger partial charge < -0.3 is 15.5 Å². The lowest BCUT2D eigenvalue weighted by Gasteiger charge is -2.02. The van der Waals surface area contributed by atoms with E-state index in [-0.39, 0.29) is 0 Å². The van der Waals surface area contributed by atoms with Gasteiger partial charge >= 0.3 is 0 Å². The zero-order chi connectivity index (χ0) is 13.8. The van der Waals surface area contributed by atoms with Crippen LogP contribution in [0.25, 0.3) is 11.0 Å². The van der Waals surface area contributed by atoms with E-state index in [4.69, 9.17) is 10.5 Å². The van der Waals surface area contributed by atoms with Gasteiger partial charge in [0, 0.05) is 5.69 Å². The molecular formula is C15H15N3OS. The fourth-order valence-corrected chi connectivity index (χ4v) is 2.53. The van der Waals surface area contributed by atoms with Gasteiger partial charge in [-0.05, 0) is 23.8 Å². The fraction of sp³-hybridized carbons (Fsp3) is 0.133. The van der Waals surface area contributed by atoms with Crippen molar-refractivity contribution in [3.05, 3.63) is 54.1 Å². The standard InChI is InChI=1S/C15H15N3OS/c16-12-6-7-13-14(8-12)18-15(17-13)20-10-19-9-11-4-2-1-3-5-11/h1-8H,9-10,16H2,(H,17,18). The summed E-state index contributed by atoms with van der Waals surface area (Å²) in [5.41, 5.74) is 9.52. The van der Waals surface area contributed by atoms with Crippen LogP contribution in [0.5, 0.6) is 0 Å². The van der Waals surface area contributed by atoms with E-state index in [1.54, 1.807) is 11.8 Å². The molecule has 3 N–H and O–H groups in total. The van der Waals surface area contributed by atoms with Crippen LogP contribution in [0.2, 0.25) is 0 Å². The number of hydrogen-bond acceptors (Lipinski definition) is 4. The third-order valence-corrected chi connectivity index (χ3v) is 3.63. The van der Waals surface area contributed by atoms with E-state index in [0.717, 1.165) is 21.9 Å². The van der Waals surface area contributed by atoms with Crippen molar-refractivity contribution >= 4 is 28.5 Å². The lowest BCUT2D eigenvalue weighted by Crippen LogP contribution is -1.92. The van der Waals surface area contributed by atoms with Crippen LogP contribution < -0.4 is 5.73 Å². The van der Waals surface area contributed by atoms with Crippen molar-refractivity contribution < 1.29 is 4.74 Å². The number of rotatable bonds is 5. The highest BCUT2D eigenvalue weighted by molar-refractivity contribution is 7.99. The Kier molecular flexibility index (Phi) is 3.90. The third kappa shape index (κ3) is 3.12. The van der Waals surface area contributed by atoms with Gasteiger partial charge in [0.1, 0.15) is 5.94 Å². The fourth-order valence-electron chi connectivity index (χ4n) is 1.90. The summed E-state index contributed by atoms with van der Waals surface area (Å²) in [5, 5.41) is 0.846. The van der Waals surface area contributed by atoms with Crippen LogP contribution in [0.4, 0.5) is 5.69 Å². The quantitative estimate of drug-likeness (QED) is 0.326. The van der Waals surface area contributed by atoms with Gasteiger partial charge in [-0.1, -0.05) is 42.1 Å². The van der Waals surface area contributed by atoms with Gasteiger partial charge in [-0.3, -0.25) is 0 Å². The first-order valence-electron chi connectivity index (χ1n) is 6.31. The number of nitrogens with two attached hydrogens (primary N) is 1. The van der Waals surface area contributed by atoms with E-state index in [9.17, 15) is 0 Å². The Hall–Kier alpha value is -1.98. The van der Waals surface area contributed by atoms with Gasteiger partial charge in [0.05, 0.1) is 17.6 Å². The summed E-state index contributed by atoms with van der Waals surface area (Å²) in [6.07, 6.45) is 0. The molecule has 20 heavy (non-hydrogen) atoms. The summed E-state index contributed by atoms with van der Waals surface area (Å²) in [6.45, 7) is 0.612. The van der Waals surface area contributed by atoms with Gasteiger partial charge in [-0.2, -0.15) is 0 Å². The molecule has 0 unspecified atom stereocenters. The molecule has 0 radical (unpaired) electrons. The number of hydrogen-bond donors (Lipinski definition) is 2. The molecule has 3 rings (SSSR count). The number of aromatic nitrogens is 2. The number of H-pyrrole nitrogens is 1. The summed E-state index contributed by atoms with van der Waals surface area (Å²) in [5.74, 6) is 0.560. The van der Waals surface area contributed by atoms with E-state index in [1.165, 1.54) is 5.56 Å². The van der Waals surface area contributed by atoms with Crippen molar-refractivity contribution in [1.29, 1.82) is 0 Å². The maximum Gasteiger partial charge on any atom is 0.168 e. The smallest absolute Gasteiger partial charge is 0.168 e. The van der Waals surface area contributed by atoms with Crippen LogP contribution in [0.1, 0.15) is 5.56 Å². The molecule has 1 aromatic heterocycles. The second-order valence-corrected chi connectivity index (χ2v) is 5.33. The summed E-state index contributed by atoms with van der Waals surface area (Å²) in [6, 6.07) is 15.8. The molecular weight excluding hydrogens is 270 g/mol. The summed E-state index contributed by atoms with van der Waals surface area (Å²) in [4.78, 5) is 7.70. The van der Waals surface area contributed by atoms with E-state index in [1.807, 2.05) is 36.4 Å². The number of thioether (sulfide) groups is 1. The first-order chi connectivity index (χ1) is 9.81. The van der Waals surface area contributed by atoms with Crippen LogP contribution in [0, 0.1) is 0 Å². The summed E-state index contributed by atoms with van der Waals surface area (Å²) >= 11 is 1.54. The highest BCUT2D eigenvalue weighted by Crippen LogP contribution is 2.21. The predicted molar refractivity (Wildman–Crippen MR) is 82.5 cm³/mol. The number of nitrogen functional groups attached to an aromatic ring is 1. The molecule has 0 bridgehead atoms.